The predicted octanol–water partition coefficient (Wildman–Crippen LogP) is 0.564. The largest absolute Gasteiger partial charge is 0.351 e. The van der Waals surface area contributed by atoms with Gasteiger partial charge in [-0.2, -0.15) is 5.10 Å². The van der Waals surface area contributed by atoms with Gasteiger partial charge in [0.2, 0.25) is 5.91 Å². The maximum absolute atomic E-state index is 11.3. The molecular formula is C13H21N5O2. The van der Waals surface area contributed by atoms with E-state index >= 15 is 0 Å². The van der Waals surface area contributed by atoms with Crippen molar-refractivity contribution < 1.29 is 9.59 Å². The molecule has 0 spiro atoms. The number of likely N-dealkylation sites (tertiary alicyclic amines) is 1. The number of aromatic nitrogens is 2. The van der Waals surface area contributed by atoms with Gasteiger partial charge in [0.15, 0.2) is 0 Å². The van der Waals surface area contributed by atoms with Gasteiger partial charge in [-0.3, -0.25) is 15.2 Å². The fourth-order valence-electron chi connectivity index (χ4n) is 2.64. The Morgan fingerprint density at radius 2 is 2.20 bits per heavy atom. The number of carbonyl (C=O) groups is 2. The van der Waals surface area contributed by atoms with Crippen LogP contribution in [-0.4, -0.2) is 46.7 Å². The minimum Gasteiger partial charge on any atom is -0.351 e. The molecule has 0 saturated carbocycles. The lowest BCUT2D eigenvalue weighted by molar-refractivity contribution is -0.120. The molecule has 7 nitrogen and oxygen atoms in total. The molecule has 1 fully saturated rings. The predicted molar refractivity (Wildman–Crippen MR) is 74.0 cm³/mol. The number of aromatic amines is 1. The van der Waals surface area contributed by atoms with Gasteiger partial charge in [-0.05, 0) is 50.4 Å². The molecule has 2 heterocycles. The molecule has 2 rings (SSSR count). The fraction of sp³-hybridized carbons (Fsp3) is 0.615. The van der Waals surface area contributed by atoms with Gasteiger partial charge in [0, 0.05) is 12.6 Å². The Hall–Kier alpha value is -1.89. The zero-order chi connectivity index (χ0) is 14.4. The van der Waals surface area contributed by atoms with Crippen molar-refractivity contribution in [2.75, 3.05) is 19.6 Å². The molecule has 0 aliphatic carbocycles. The number of urea groups is 1. The third-order valence-corrected chi connectivity index (χ3v) is 3.72. The van der Waals surface area contributed by atoms with Crippen LogP contribution in [0.4, 0.5) is 4.79 Å². The standard InChI is InChI=1S/C13H21N5O2/c14-13(20)17-12(19)2-1-5-18-6-3-10(4-7-18)11-8-15-16-9-11/h8-10H,1-7H2,(H,15,16)(H3,14,17,19,20). The van der Waals surface area contributed by atoms with Gasteiger partial charge in [-0.1, -0.05) is 0 Å². The second-order valence-corrected chi connectivity index (χ2v) is 5.16. The third-order valence-electron chi connectivity index (χ3n) is 3.72. The molecule has 1 aromatic rings. The van der Waals surface area contributed by atoms with Crippen molar-refractivity contribution >= 4 is 11.9 Å². The minimum atomic E-state index is -0.782. The summed E-state index contributed by atoms with van der Waals surface area (Å²) >= 11 is 0. The lowest BCUT2D eigenvalue weighted by atomic mass is 9.91. The average molecular weight is 279 g/mol. The van der Waals surface area contributed by atoms with Crippen LogP contribution >= 0.6 is 0 Å². The summed E-state index contributed by atoms with van der Waals surface area (Å²) in [6.07, 6.45) is 7.18. The van der Waals surface area contributed by atoms with Crippen molar-refractivity contribution in [1.82, 2.24) is 20.4 Å². The second kappa shape index (κ2) is 7.04. The van der Waals surface area contributed by atoms with E-state index in [1.54, 1.807) is 0 Å². The summed E-state index contributed by atoms with van der Waals surface area (Å²) in [5.74, 6) is 0.286. The Balaban J connectivity index is 1.62. The number of carbonyl (C=O) groups excluding carboxylic acids is 2. The van der Waals surface area contributed by atoms with Crippen molar-refractivity contribution in [3.63, 3.8) is 0 Å². The van der Waals surface area contributed by atoms with Crippen LogP contribution in [0, 0.1) is 0 Å². The van der Waals surface area contributed by atoms with Crippen molar-refractivity contribution in [3.8, 4) is 0 Å². The van der Waals surface area contributed by atoms with E-state index in [9.17, 15) is 9.59 Å². The van der Waals surface area contributed by atoms with Crippen LogP contribution in [0.5, 0.6) is 0 Å². The monoisotopic (exact) mass is 279 g/mol. The van der Waals surface area contributed by atoms with Gasteiger partial charge in [0.25, 0.3) is 0 Å². The topological polar surface area (TPSA) is 104 Å². The summed E-state index contributed by atoms with van der Waals surface area (Å²) in [5, 5.41) is 8.92. The van der Waals surface area contributed by atoms with Crippen LogP contribution in [0.3, 0.4) is 0 Å². The smallest absolute Gasteiger partial charge is 0.318 e. The molecule has 3 amide bonds. The first-order valence-corrected chi connectivity index (χ1v) is 6.95. The number of amides is 3. The Kier molecular flexibility index (Phi) is 5.11. The Morgan fingerprint density at radius 3 is 2.80 bits per heavy atom. The maximum Gasteiger partial charge on any atom is 0.318 e. The number of primary amides is 1. The number of rotatable bonds is 5. The summed E-state index contributed by atoms with van der Waals surface area (Å²) in [5.41, 5.74) is 6.16. The molecule has 110 valence electrons. The average Bonchev–Trinajstić information content (AvgIpc) is 2.92. The highest BCUT2D eigenvalue weighted by Gasteiger charge is 2.20. The summed E-state index contributed by atoms with van der Waals surface area (Å²) < 4.78 is 0. The molecule has 1 aliphatic heterocycles. The quantitative estimate of drug-likeness (QED) is 0.732. The second-order valence-electron chi connectivity index (χ2n) is 5.16. The molecule has 0 unspecified atom stereocenters. The molecule has 4 N–H and O–H groups in total. The van der Waals surface area contributed by atoms with Gasteiger partial charge in [-0.25, -0.2) is 4.79 Å². The van der Waals surface area contributed by atoms with Crippen LogP contribution in [0.2, 0.25) is 0 Å². The molecule has 1 aromatic heterocycles. The Morgan fingerprint density at radius 1 is 1.45 bits per heavy atom. The summed E-state index contributed by atoms with van der Waals surface area (Å²) in [6, 6.07) is -0.782. The van der Waals surface area contributed by atoms with Crippen molar-refractivity contribution in [2.45, 2.75) is 31.6 Å². The molecule has 0 atom stereocenters. The third kappa shape index (κ3) is 4.34. The first-order chi connectivity index (χ1) is 9.65. The van der Waals surface area contributed by atoms with E-state index in [4.69, 9.17) is 5.73 Å². The number of hydrogen-bond donors (Lipinski definition) is 3. The van der Waals surface area contributed by atoms with Crippen molar-refractivity contribution in [3.05, 3.63) is 18.0 Å². The Labute approximate surface area is 117 Å². The fourth-order valence-corrected chi connectivity index (χ4v) is 2.64. The number of nitrogens with two attached hydrogens (primary N) is 1. The number of imide groups is 1. The zero-order valence-electron chi connectivity index (χ0n) is 11.5. The highest BCUT2D eigenvalue weighted by molar-refractivity contribution is 5.93. The van der Waals surface area contributed by atoms with E-state index in [0.717, 1.165) is 38.9 Å². The number of nitrogens with one attached hydrogen (secondary N) is 2. The number of nitrogens with zero attached hydrogens (tertiary/aromatic N) is 2. The Bertz CT molecular complexity index is 438. The summed E-state index contributed by atoms with van der Waals surface area (Å²) in [4.78, 5) is 24.1. The van der Waals surface area contributed by atoms with Gasteiger partial charge < -0.3 is 10.6 Å². The lowest BCUT2D eigenvalue weighted by Gasteiger charge is -2.31. The van der Waals surface area contributed by atoms with E-state index in [1.165, 1.54) is 5.56 Å². The van der Waals surface area contributed by atoms with E-state index in [2.05, 4.69) is 20.4 Å². The molecule has 7 heteroatoms. The SMILES string of the molecule is NC(=O)NC(=O)CCCN1CCC(c2cn[nH]c2)CC1. The lowest BCUT2D eigenvalue weighted by Crippen LogP contribution is -2.36. The molecule has 0 bridgehead atoms. The van der Waals surface area contributed by atoms with Gasteiger partial charge in [0.1, 0.15) is 0 Å². The van der Waals surface area contributed by atoms with Crippen LogP contribution in [0.15, 0.2) is 12.4 Å². The molecule has 0 radical (unpaired) electrons. The number of H-pyrrole nitrogens is 1. The van der Waals surface area contributed by atoms with Gasteiger partial charge in [-0.15, -0.1) is 0 Å². The molecule has 1 saturated heterocycles. The number of piperidine rings is 1. The minimum absolute atomic E-state index is 0.300. The van der Waals surface area contributed by atoms with Gasteiger partial charge in [0.05, 0.1) is 6.20 Å². The van der Waals surface area contributed by atoms with Crippen LogP contribution in [0.1, 0.15) is 37.2 Å². The summed E-state index contributed by atoms with van der Waals surface area (Å²) in [7, 11) is 0. The summed E-state index contributed by atoms with van der Waals surface area (Å²) in [6.45, 7) is 2.95. The first kappa shape index (κ1) is 14.5. The highest BCUT2D eigenvalue weighted by Crippen LogP contribution is 2.27. The highest BCUT2D eigenvalue weighted by atomic mass is 16.2. The van der Waals surface area contributed by atoms with E-state index in [0.29, 0.717) is 12.3 Å². The molecule has 1 aliphatic rings. The van der Waals surface area contributed by atoms with Gasteiger partial charge >= 0.3 is 6.03 Å². The molecular weight excluding hydrogens is 258 g/mol. The van der Waals surface area contributed by atoms with E-state index in [-0.39, 0.29) is 5.91 Å². The number of hydrogen-bond acceptors (Lipinski definition) is 4. The van der Waals surface area contributed by atoms with Crippen molar-refractivity contribution in [1.29, 1.82) is 0 Å². The molecule has 0 aromatic carbocycles. The molecule has 20 heavy (non-hydrogen) atoms. The van der Waals surface area contributed by atoms with Crippen LogP contribution in [-0.2, 0) is 4.79 Å². The maximum atomic E-state index is 11.3. The van der Waals surface area contributed by atoms with Crippen molar-refractivity contribution in [2.24, 2.45) is 5.73 Å². The van der Waals surface area contributed by atoms with Crippen LogP contribution < -0.4 is 11.1 Å². The van der Waals surface area contributed by atoms with E-state index < -0.39 is 6.03 Å². The normalized spacial score (nSPS) is 17.0. The zero-order valence-corrected chi connectivity index (χ0v) is 11.5. The van der Waals surface area contributed by atoms with Crippen LogP contribution in [0.25, 0.3) is 0 Å². The first-order valence-electron chi connectivity index (χ1n) is 6.95. The van der Waals surface area contributed by atoms with E-state index in [1.807, 2.05) is 12.4 Å².